The van der Waals surface area contributed by atoms with Crippen molar-refractivity contribution in [2.75, 3.05) is 6.61 Å². The minimum atomic E-state index is -0.533. The number of para-hydroxylation sites is 1. The van der Waals surface area contributed by atoms with Crippen LogP contribution in [0.5, 0.6) is 11.5 Å². The molecule has 0 amide bonds. The van der Waals surface area contributed by atoms with Gasteiger partial charge in [-0.3, -0.25) is 0 Å². The molecule has 0 unspecified atom stereocenters. The van der Waals surface area contributed by atoms with Gasteiger partial charge in [-0.05, 0) is 43.2 Å². The van der Waals surface area contributed by atoms with Crippen LogP contribution in [0.4, 0.5) is 0 Å². The Bertz CT molecular complexity index is 1050. The number of fused-ring (bicyclic) bond motifs is 1. The molecule has 1 aromatic heterocycles. The summed E-state index contributed by atoms with van der Waals surface area (Å²) >= 11 is 0. The molecule has 1 heterocycles. The van der Waals surface area contributed by atoms with Gasteiger partial charge in [0.1, 0.15) is 17.1 Å². The van der Waals surface area contributed by atoms with Crippen LogP contribution in [0.2, 0.25) is 0 Å². The first-order valence-electron chi connectivity index (χ1n) is 8.73. The third kappa shape index (κ3) is 4.64. The van der Waals surface area contributed by atoms with E-state index in [0.29, 0.717) is 23.7 Å². The van der Waals surface area contributed by atoms with Crippen LogP contribution in [0.25, 0.3) is 17.0 Å². The van der Waals surface area contributed by atoms with Gasteiger partial charge in [-0.2, -0.15) is 0 Å². The summed E-state index contributed by atoms with van der Waals surface area (Å²) in [7, 11) is 0. The van der Waals surface area contributed by atoms with Gasteiger partial charge in [-0.1, -0.05) is 25.1 Å². The first-order chi connectivity index (χ1) is 13.1. The van der Waals surface area contributed by atoms with E-state index in [1.165, 1.54) is 18.2 Å². The normalized spacial score (nSPS) is 11.0. The maximum absolute atomic E-state index is 12.1. The third-order valence-corrected chi connectivity index (χ3v) is 3.92. The van der Waals surface area contributed by atoms with Crippen molar-refractivity contribution in [1.82, 2.24) is 0 Å². The van der Waals surface area contributed by atoms with Gasteiger partial charge >= 0.3 is 11.6 Å². The first-order valence-corrected chi connectivity index (χ1v) is 8.73. The Kier molecular flexibility index (Phi) is 5.71. The number of hydrogen-bond acceptors (Lipinski definition) is 5. The van der Waals surface area contributed by atoms with Crippen molar-refractivity contribution in [2.45, 2.75) is 20.3 Å². The van der Waals surface area contributed by atoms with Crippen LogP contribution >= 0.6 is 0 Å². The maximum atomic E-state index is 12.1. The van der Waals surface area contributed by atoms with Gasteiger partial charge in [-0.25, -0.2) is 9.59 Å². The lowest BCUT2D eigenvalue weighted by molar-refractivity contribution is -0.128. The number of carbonyl (C=O) groups is 1. The highest BCUT2D eigenvalue weighted by Crippen LogP contribution is 2.23. The van der Waals surface area contributed by atoms with E-state index < -0.39 is 11.6 Å². The molecule has 3 aromatic rings. The average Bonchev–Trinajstić information content (AvgIpc) is 2.65. The van der Waals surface area contributed by atoms with E-state index in [4.69, 9.17) is 13.9 Å². The quantitative estimate of drug-likeness (QED) is 0.279. The minimum absolute atomic E-state index is 0.307. The van der Waals surface area contributed by atoms with Crippen LogP contribution < -0.4 is 15.1 Å². The van der Waals surface area contributed by atoms with Gasteiger partial charge in [0.2, 0.25) is 0 Å². The molecule has 0 atom stereocenters. The highest BCUT2D eigenvalue weighted by molar-refractivity contribution is 5.90. The lowest BCUT2D eigenvalue weighted by atomic mass is 10.1. The minimum Gasteiger partial charge on any atom is -0.493 e. The summed E-state index contributed by atoms with van der Waals surface area (Å²) in [5, 5.41) is 0.798. The van der Waals surface area contributed by atoms with Crippen molar-refractivity contribution in [3.63, 3.8) is 0 Å². The van der Waals surface area contributed by atoms with E-state index in [-0.39, 0.29) is 0 Å². The van der Waals surface area contributed by atoms with Crippen molar-refractivity contribution in [3.05, 3.63) is 76.2 Å². The van der Waals surface area contributed by atoms with Crippen LogP contribution in [0.1, 0.15) is 24.5 Å². The van der Waals surface area contributed by atoms with Crippen LogP contribution in [0, 0.1) is 6.92 Å². The molecule has 5 nitrogen and oxygen atoms in total. The standard InChI is InChI=1S/C22H20O5/c1-3-12-25-19-7-5-4-6-16(19)8-11-21(23)26-17-9-10-18-15(2)13-22(24)27-20(18)14-17/h4-11,13-14H,3,12H2,1-2H3/b11-8+. The largest absolute Gasteiger partial charge is 0.493 e. The van der Waals surface area contributed by atoms with Crippen molar-refractivity contribution in [3.8, 4) is 11.5 Å². The smallest absolute Gasteiger partial charge is 0.336 e. The van der Waals surface area contributed by atoms with Crippen LogP contribution in [-0.4, -0.2) is 12.6 Å². The van der Waals surface area contributed by atoms with Crippen molar-refractivity contribution >= 4 is 23.0 Å². The highest BCUT2D eigenvalue weighted by atomic mass is 16.5. The van der Waals surface area contributed by atoms with Gasteiger partial charge in [0.05, 0.1) is 6.61 Å². The summed E-state index contributed by atoms with van der Waals surface area (Å²) in [6.45, 7) is 4.46. The zero-order valence-corrected chi connectivity index (χ0v) is 15.2. The molecule has 0 aliphatic carbocycles. The van der Waals surface area contributed by atoms with E-state index >= 15 is 0 Å². The Labute approximate surface area is 156 Å². The number of hydrogen-bond donors (Lipinski definition) is 0. The summed E-state index contributed by atoms with van der Waals surface area (Å²) in [5.41, 5.74) is 1.55. The molecule has 0 aliphatic rings. The van der Waals surface area contributed by atoms with Crippen LogP contribution in [0.3, 0.4) is 0 Å². The second-order valence-electron chi connectivity index (χ2n) is 6.05. The Hall–Kier alpha value is -3.34. The number of carbonyl (C=O) groups excluding carboxylic acids is 1. The van der Waals surface area contributed by atoms with E-state index in [1.54, 1.807) is 18.2 Å². The van der Waals surface area contributed by atoms with E-state index in [0.717, 1.165) is 22.9 Å². The van der Waals surface area contributed by atoms with Gasteiger partial charge in [0.25, 0.3) is 0 Å². The summed E-state index contributed by atoms with van der Waals surface area (Å²) in [4.78, 5) is 23.6. The Morgan fingerprint density at radius 2 is 1.96 bits per heavy atom. The fourth-order valence-corrected chi connectivity index (χ4v) is 2.64. The molecule has 5 heteroatoms. The molecule has 0 aliphatic heterocycles. The van der Waals surface area contributed by atoms with E-state index in [1.807, 2.05) is 38.1 Å². The fourth-order valence-electron chi connectivity index (χ4n) is 2.64. The predicted molar refractivity (Wildman–Crippen MR) is 104 cm³/mol. The molecular formula is C22H20O5. The fraction of sp³-hybridized carbons (Fsp3) is 0.182. The van der Waals surface area contributed by atoms with Gasteiger partial charge in [-0.15, -0.1) is 0 Å². The molecule has 0 saturated heterocycles. The number of rotatable bonds is 6. The predicted octanol–water partition coefficient (Wildman–Crippen LogP) is 4.51. The number of benzene rings is 2. The molecule has 0 spiro atoms. The molecule has 0 radical (unpaired) electrons. The summed E-state index contributed by atoms with van der Waals surface area (Å²) in [6, 6.07) is 13.9. The monoisotopic (exact) mass is 364 g/mol. The zero-order chi connectivity index (χ0) is 19.2. The molecule has 2 aromatic carbocycles. The van der Waals surface area contributed by atoms with Gasteiger partial charge < -0.3 is 13.9 Å². The second kappa shape index (κ2) is 8.36. The van der Waals surface area contributed by atoms with Crippen molar-refractivity contribution in [2.24, 2.45) is 0 Å². The lowest BCUT2D eigenvalue weighted by Crippen LogP contribution is -2.04. The Balaban J connectivity index is 1.75. The number of aryl methyl sites for hydroxylation is 1. The molecule has 138 valence electrons. The molecule has 0 saturated carbocycles. The summed E-state index contributed by atoms with van der Waals surface area (Å²) in [6.07, 6.45) is 3.89. The van der Waals surface area contributed by atoms with Crippen molar-refractivity contribution in [1.29, 1.82) is 0 Å². The molecule has 0 N–H and O–H groups in total. The zero-order valence-electron chi connectivity index (χ0n) is 15.2. The lowest BCUT2D eigenvalue weighted by Gasteiger charge is -2.07. The third-order valence-electron chi connectivity index (χ3n) is 3.92. The molecule has 0 bridgehead atoms. The SMILES string of the molecule is CCCOc1ccccc1/C=C/C(=O)Oc1ccc2c(C)cc(=O)oc2c1. The van der Waals surface area contributed by atoms with Crippen LogP contribution in [0.15, 0.2) is 63.8 Å². The van der Waals surface area contributed by atoms with Crippen molar-refractivity contribution < 1.29 is 18.7 Å². The first kappa shape index (κ1) is 18.5. The Morgan fingerprint density at radius 3 is 2.78 bits per heavy atom. The van der Waals surface area contributed by atoms with E-state index in [9.17, 15) is 9.59 Å². The van der Waals surface area contributed by atoms with Crippen LogP contribution in [-0.2, 0) is 4.79 Å². The van der Waals surface area contributed by atoms with E-state index in [2.05, 4.69) is 0 Å². The molecule has 3 rings (SSSR count). The number of ether oxygens (including phenoxy) is 2. The topological polar surface area (TPSA) is 65.7 Å². The summed E-state index contributed by atoms with van der Waals surface area (Å²) in [5.74, 6) is 0.488. The average molecular weight is 364 g/mol. The molecule has 0 fully saturated rings. The summed E-state index contributed by atoms with van der Waals surface area (Å²) < 4.78 is 16.1. The number of esters is 1. The molecule has 27 heavy (non-hydrogen) atoms. The maximum Gasteiger partial charge on any atom is 0.336 e. The van der Waals surface area contributed by atoms with Gasteiger partial charge in [0.15, 0.2) is 0 Å². The Morgan fingerprint density at radius 1 is 1.15 bits per heavy atom. The highest BCUT2D eigenvalue weighted by Gasteiger charge is 2.07. The second-order valence-corrected chi connectivity index (χ2v) is 6.05. The molecular weight excluding hydrogens is 344 g/mol. The van der Waals surface area contributed by atoms with Gasteiger partial charge in [0, 0.05) is 29.2 Å².